The van der Waals surface area contributed by atoms with E-state index in [1.54, 1.807) is 30.2 Å². The molecular formula is C31H41N3O6. The third kappa shape index (κ3) is 7.53. The highest BCUT2D eigenvalue weighted by molar-refractivity contribution is 5.97. The second kappa shape index (κ2) is 13.7. The van der Waals surface area contributed by atoms with Crippen LogP contribution in [0.4, 0.5) is 0 Å². The summed E-state index contributed by atoms with van der Waals surface area (Å²) in [7, 11) is 1.55. The molecule has 40 heavy (non-hydrogen) atoms. The van der Waals surface area contributed by atoms with Gasteiger partial charge in [0.2, 0.25) is 11.8 Å². The minimum absolute atomic E-state index is 0.0752. The largest absolute Gasteiger partial charge is 0.493 e. The Balaban J connectivity index is 1.63. The van der Waals surface area contributed by atoms with Crippen molar-refractivity contribution in [2.24, 2.45) is 5.92 Å². The molecule has 1 N–H and O–H groups in total. The first-order valence-corrected chi connectivity index (χ1v) is 14.2. The van der Waals surface area contributed by atoms with E-state index in [1.165, 1.54) is 0 Å². The van der Waals surface area contributed by atoms with Gasteiger partial charge in [-0.1, -0.05) is 32.9 Å². The van der Waals surface area contributed by atoms with Crippen LogP contribution in [0, 0.1) is 5.92 Å². The molecule has 0 unspecified atom stereocenters. The number of methoxy groups -OCH3 is 1. The maximum atomic E-state index is 13.5. The van der Waals surface area contributed by atoms with E-state index in [1.807, 2.05) is 36.1 Å². The van der Waals surface area contributed by atoms with Crippen molar-refractivity contribution in [3.63, 3.8) is 0 Å². The number of nitrogens with one attached hydrogen (secondary N) is 1. The maximum Gasteiger partial charge on any atom is 0.254 e. The van der Waals surface area contributed by atoms with E-state index in [-0.39, 0.29) is 36.4 Å². The number of hydrogen-bond acceptors (Lipinski definition) is 6. The fourth-order valence-corrected chi connectivity index (χ4v) is 5.10. The molecule has 9 heteroatoms. The average molecular weight is 552 g/mol. The predicted molar refractivity (Wildman–Crippen MR) is 151 cm³/mol. The number of rotatable bonds is 6. The summed E-state index contributed by atoms with van der Waals surface area (Å²) in [5.41, 5.74) is 1.30. The van der Waals surface area contributed by atoms with E-state index in [0.29, 0.717) is 74.2 Å². The van der Waals surface area contributed by atoms with Gasteiger partial charge in [0.25, 0.3) is 5.91 Å². The van der Waals surface area contributed by atoms with E-state index >= 15 is 0 Å². The molecule has 4 rings (SSSR count). The SMILES string of the molecule is CCCN1CC(=O)N[C@H]2CCN(C(=O)CCC(C)C)C[C@@H]2OCc2cccc(c2)Oc2cc(ccc2OC)C1=O. The van der Waals surface area contributed by atoms with Crippen LogP contribution in [0.25, 0.3) is 0 Å². The van der Waals surface area contributed by atoms with Crippen molar-refractivity contribution in [3.8, 4) is 17.2 Å². The molecule has 3 amide bonds. The van der Waals surface area contributed by atoms with Crippen LogP contribution in [0.5, 0.6) is 17.2 Å². The molecule has 2 aromatic carbocycles. The Bertz CT molecular complexity index is 1200. The Morgan fingerprint density at radius 3 is 2.75 bits per heavy atom. The zero-order valence-corrected chi connectivity index (χ0v) is 24.0. The molecule has 2 atom stereocenters. The number of carbonyl (C=O) groups is 3. The lowest BCUT2D eigenvalue weighted by Gasteiger charge is -2.39. The maximum absolute atomic E-state index is 13.5. The number of carbonyl (C=O) groups excluding carboxylic acids is 3. The number of amides is 3. The topological polar surface area (TPSA) is 97.4 Å². The van der Waals surface area contributed by atoms with Gasteiger partial charge in [0.15, 0.2) is 11.5 Å². The minimum Gasteiger partial charge on any atom is -0.493 e. The molecule has 0 aromatic heterocycles. The highest BCUT2D eigenvalue weighted by Gasteiger charge is 2.34. The summed E-state index contributed by atoms with van der Waals surface area (Å²) < 4.78 is 18.0. The lowest BCUT2D eigenvalue weighted by atomic mass is 10.00. The van der Waals surface area contributed by atoms with Crippen LogP contribution < -0.4 is 14.8 Å². The molecule has 9 nitrogen and oxygen atoms in total. The number of nitrogens with zero attached hydrogens (tertiary/aromatic N) is 2. The van der Waals surface area contributed by atoms with Gasteiger partial charge in [-0.05, 0) is 61.1 Å². The molecular weight excluding hydrogens is 510 g/mol. The van der Waals surface area contributed by atoms with Crippen LogP contribution >= 0.6 is 0 Å². The van der Waals surface area contributed by atoms with Gasteiger partial charge in [-0.25, -0.2) is 0 Å². The summed E-state index contributed by atoms with van der Waals surface area (Å²) in [6.07, 6.45) is 2.23. The zero-order valence-electron chi connectivity index (χ0n) is 24.0. The van der Waals surface area contributed by atoms with Gasteiger partial charge in [0, 0.05) is 31.6 Å². The molecule has 0 aliphatic carbocycles. The summed E-state index contributed by atoms with van der Waals surface area (Å²) in [5, 5.41) is 3.11. The standard InChI is InChI=1S/C31H41N3O6/c1-5-14-34-19-29(35)32-25-13-15-33(30(36)12-9-21(2)3)18-28(25)39-20-22-7-6-8-24(16-22)40-27-17-23(31(34)37)10-11-26(27)38-4/h6-8,10-11,16-17,21,25,28H,5,9,12-15,18-20H2,1-4H3,(H,32,35)/t25-,28-/m0/s1. The van der Waals surface area contributed by atoms with E-state index in [4.69, 9.17) is 14.2 Å². The second-order valence-electron chi connectivity index (χ2n) is 10.9. The fraction of sp³-hybridized carbons (Fsp3) is 0.516. The molecule has 2 aromatic rings. The quantitative estimate of drug-likeness (QED) is 0.572. The number of ether oxygens (including phenoxy) is 3. The molecule has 2 heterocycles. The summed E-state index contributed by atoms with van der Waals surface area (Å²) >= 11 is 0. The van der Waals surface area contributed by atoms with Gasteiger partial charge in [-0.15, -0.1) is 0 Å². The van der Waals surface area contributed by atoms with Crippen LogP contribution in [-0.4, -0.2) is 73.0 Å². The van der Waals surface area contributed by atoms with Gasteiger partial charge in [-0.2, -0.15) is 0 Å². The highest BCUT2D eigenvalue weighted by Crippen LogP contribution is 2.33. The number of benzene rings is 2. The normalized spacial score (nSPS) is 20.0. The Morgan fingerprint density at radius 2 is 2.00 bits per heavy atom. The van der Waals surface area contributed by atoms with Crippen molar-refractivity contribution >= 4 is 17.7 Å². The molecule has 2 aliphatic heterocycles. The molecule has 1 fully saturated rings. The third-order valence-corrected chi connectivity index (χ3v) is 7.31. The minimum atomic E-state index is -0.388. The molecule has 1 saturated heterocycles. The number of hydrogen-bond donors (Lipinski definition) is 1. The van der Waals surface area contributed by atoms with Gasteiger partial charge >= 0.3 is 0 Å². The Hall–Kier alpha value is -3.59. The highest BCUT2D eigenvalue weighted by atomic mass is 16.5. The van der Waals surface area contributed by atoms with E-state index in [9.17, 15) is 14.4 Å². The van der Waals surface area contributed by atoms with Crippen molar-refractivity contribution in [2.75, 3.05) is 33.3 Å². The van der Waals surface area contributed by atoms with Gasteiger partial charge < -0.3 is 29.3 Å². The van der Waals surface area contributed by atoms with Crippen molar-refractivity contribution < 1.29 is 28.6 Å². The van der Waals surface area contributed by atoms with Crippen LogP contribution in [0.1, 0.15) is 62.4 Å². The summed E-state index contributed by atoms with van der Waals surface area (Å²) in [4.78, 5) is 43.0. The summed E-state index contributed by atoms with van der Waals surface area (Å²) in [5.74, 6) is 1.53. The van der Waals surface area contributed by atoms with Gasteiger partial charge in [0.05, 0.1) is 32.4 Å². The Morgan fingerprint density at radius 1 is 1.18 bits per heavy atom. The van der Waals surface area contributed by atoms with Crippen molar-refractivity contribution in [1.82, 2.24) is 15.1 Å². The van der Waals surface area contributed by atoms with Crippen LogP contribution in [0.15, 0.2) is 42.5 Å². The summed E-state index contributed by atoms with van der Waals surface area (Å²) in [6.45, 7) is 7.78. The second-order valence-corrected chi connectivity index (χ2v) is 10.9. The molecule has 2 aliphatic rings. The van der Waals surface area contributed by atoms with Crippen LogP contribution in [0.3, 0.4) is 0 Å². The first-order valence-electron chi connectivity index (χ1n) is 14.2. The zero-order chi connectivity index (χ0) is 28.6. The molecule has 0 spiro atoms. The molecule has 216 valence electrons. The predicted octanol–water partition coefficient (Wildman–Crippen LogP) is 4.39. The van der Waals surface area contributed by atoms with E-state index in [2.05, 4.69) is 19.2 Å². The monoisotopic (exact) mass is 551 g/mol. The number of fused-ring (bicyclic) bond motifs is 5. The van der Waals surface area contributed by atoms with Crippen molar-refractivity contribution in [3.05, 3.63) is 53.6 Å². The first kappa shape index (κ1) is 29.4. The number of likely N-dealkylation sites (tertiary alicyclic amines) is 1. The van der Waals surface area contributed by atoms with Crippen molar-refractivity contribution in [1.29, 1.82) is 0 Å². The summed E-state index contributed by atoms with van der Waals surface area (Å²) in [6, 6.07) is 12.3. The Kier molecular flexibility index (Phi) is 10.0. The van der Waals surface area contributed by atoms with Crippen molar-refractivity contribution in [2.45, 2.75) is 65.2 Å². The molecule has 4 bridgehead atoms. The number of piperidine rings is 1. The van der Waals surface area contributed by atoms with E-state index in [0.717, 1.165) is 12.0 Å². The van der Waals surface area contributed by atoms with Crippen LogP contribution in [0.2, 0.25) is 0 Å². The first-order chi connectivity index (χ1) is 19.3. The third-order valence-electron chi connectivity index (χ3n) is 7.31. The van der Waals surface area contributed by atoms with Crippen LogP contribution in [-0.2, 0) is 20.9 Å². The molecule has 0 radical (unpaired) electrons. The van der Waals surface area contributed by atoms with Gasteiger partial charge in [0.1, 0.15) is 5.75 Å². The lowest BCUT2D eigenvalue weighted by molar-refractivity contribution is -0.137. The van der Waals surface area contributed by atoms with Gasteiger partial charge in [-0.3, -0.25) is 14.4 Å². The molecule has 0 saturated carbocycles. The Labute approximate surface area is 236 Å². The fourth-order valence-electron chi connectivity index (χ4n) is 5.10. The smallest absolute Gasteiger partial charge is 0.254 e. The lowest BCUT2D eigenvalue weighted by Crippen LogP contribution is -2.57. The average Bonchev–Trinajstić information content (AvgIpc) is 2.94. The van der Waals surface area contributed by atoms with E-state index < -0.39 is 0 Å².